The van der Waals surface area contributed by atoms with Gasteiger partial charge in [0.05, 0.1) is 30.4 Å². The van der Waals surface area contributed by atoms with Crippen LogP contribution in [0.15, 0.2) is 59.4 Å². The Morgan fingerprint density at radius 3 is 2.46 bits per heavy atom. The molecule has 50 heavy (non-hydrogen) atoms. The largest absolute Gasteiger partial charge is 0.463 e. The van der Waals surface area contributed by atoms with E-state index in [1.807, 2.05) is 19.9 Å². The minimum absolute atomic E-state index is 0.0123. The lowest BCUT2D eigenvalue weighted by Crippen LogP contribution is -2.49. The van der Waals surface area contributed by atoms with Gasteiger partial charge in [-0.25, -0.2) is 4.79 Å². The maximum absolute atomic E-state index is 14.1. The number of nitriles is 1. The van der Waals surface area contributed by atoms with Crippen LogP contribution in [-0.4, -0.2) is 55.8 Å². The summed E-state index contributed by atoms with van der Waals surface area (Å²) in [4.78, 5) is 51.8. The van der Waals surface area contributed by atoms with Gasteiger partial charge in [-0.2, -0.15) is 13.8 Å². The van der Waals surface area contributed by atoms with E-state index in [0.29, 0.717) is 13.2 Å². The van der Waals surface area contributed by atoms with Crippen LogP contribution >= 0.6 is 0 Å². The maximum Gasteiger partial charge on any atom is 0.352 e. The number of benzene rings is 2. The fourth-order valence-corrected chi connectivity index (χ4v) is 7.15. The highest BCUT2D eigenvalue weighted by atomic mass is 32.2. The van der Waals surface area contributed by atoms with E-state index in [4.69, 9.17) is 23.1 Å². The average molecular weight is 707 g/mol. The van der Waals surface area contributed by atoms with E-state index < -0.39 is 57.2 Å². The molecule has 1 fully saturated rings. The van der Waals surface area contributed by atoms with Gasteiger partial charge in [-0.1, -0.05) is 38.1 Å². The number of aromatic nitrogens is 1. The zero-order valence-corrected chi connectivity index (χ0v) is 28.3. The van der Waals surface area contributed by atoms with Crippen LogP contribution in [0, 0.1) is 26.9 Å². The second-order valence-electron chi connectivity index (χ2n) is 12.9. The van der Waals surface area contributed by atoms with Crippen molar-refractivity contribution in [1.29, 1.82) is 5.26 Å². The third-order valence-corrected chi connectivity index (χ3v) is 9.89. The summed E-state index contributed by atoms with van der Waals surface area (Å²) in [7, 11) is 0. The molecule has 0 amide bonds. The molecule has 0 saturated carbocycles. The van der Waals surface area contributed by atoms with E-state index in [1.54, 1.807) is 31.2 Å². The zero-order valence-electron chi connectivity index (χ0n) is 27.5. The van der Waals surface area contributed by atoms with E-state index in [2.05, 4.69) is 0 Å². The number of nitrogens with zero attached hydrogens (tertiary/aromatic N) is 4. The summed E-state index contributed by atoms with van der Waals surface area (Å²) >= 11 is -2.32. The molecule has 16 heteroatoms. The van der Waals surface area contributed by atoms with Crippen LogP contribution in [0.25, 0.3) is 0 Å². The van der Waals surface area contributed by atoms with E-state index >= 15 is 0 Å². The van der Waals surface area contributed by atoms with Crippen molar-refractivity contribution in [2.24, 2.45) is 5.41 Å². The molecule has 3 aliphatic heterocycles. The second kappa shape index (κ2) is 13.8. The van der Waals surface area contributed by atoms with Gasteiger partial charge in [-0.05, 0) is 36.2 Å². The van der Waals surface area contributed by atoms with Crippen molar-refractivity contribution in [3.05, 3.63) is 103 Å². The normalized spacial score (nSPS) is 20.1. The van der Waals surface area contributed by atoms with E-state index in [1.165, 1.54) is 39.2 Å². The van der Waals surface area contributed by atoms with Gasteiger partial charge in [0.2, 0.25) is 11.9 Å². The smallest absolute Gasteiger partial charge is 0.352 e. The number of hydrogen-bond donors (Lipinski definition) is 0. The molecule has 0 radical (unpaired) electrons. The lowest BCUT2D eigenvalue weighted by atomic mass is 9.93. The number of esters is 2. The van der Waals surface area contributed by atoms with Crippen molar-refractivity contribution in [2.45, 2.75) is 64.6 Å². The molecule has 0 aliphatic carbocycles. The number of hydrogen-bond acceptors (Lipinski definition) is 12. The molecule has 4 heterocycles. The fourth-order valence-electron chi connectivity index (χ4n) is 6.17. The summed E-state index contributed by atoms with van der Waals surface area (Å²) in [6, 6.07) is 14.1. The number of nitro groups is 1. The molecule has 1 spiro atoms. The lowest BCUT2D eigenvalue weighted by molar-refractivity contribution is -0.384. The number of ether oxygens (including phenoxy) is 4. The number of carbonyl (C=O) groups is 2. The highest BCUT2D eigenvalue weighted by molar-refractivity contribution is 7.78. The SMILES string of the molecule is CCOC(=O)C(OC(=O)C1Cc2ccccc2CN1S(=O)Oc1ccc([N+](=O)[O-])cc1)c1cc2n(c(=O)c1C#N)CCC21OCC(C)(C)CO1. The monoisotopic (exact) mass is 706 g/mol. The van der Waals surface area contributed by atoms with Crippen molar-refractivity contribution >= 4 is 28.9 Å². The number of pyridine rings is 1. The quantitative estimate of drug-likeness (QED) is 0.179. The first kappa shape index (κ1) is 34.9. The molecule has 2 aromatic carbocycles. The molecule has 6 rings (SSSR count). The van der Waals surface area contributed by atoms with E-state index in [0.717, 1.165) is 11.1 Å². The van der Waals surface area contributed by atoms with E-state index in [9.17, 15) is 34.0 Å². The molecule has 3 unspecified atom stereocenters. The highest BCUT2D eigenvalue weighted by Gasteiger charge is 2.49. The number of fused-ring (bicyclic) bond motifs is 3. The molecule has 0 bridgehead atoms. The molecule has 262 valence electrons. The first-order chi connectivity index (χ1) is 23.9. The Bertz CT molecular complexity index is 1960. The minimum atomic E-state index is -2.32. The molecular weight excluding hydrogens is 672 g/mol. The van der Waals surface area contributed by atoms with Gasteiger partial charge in [-0.15, -0.1) is 0 Å². The van der Waals surface area contributed by atoms with Crippen molar-refractivity contribution < 1.29 is 41.9 Å². The molecule has 3 aliphatic rings. The molecule has 3 atom stereocenters. The Hall–Kier alpha value is -4.95. The molecule has 1 saturated heterocycles. The Labute approximate surface area is 289 Å². The van der Waals surface area contributed by atoms with Gasteiger partial charge in [0, 0.05) is 49.0 Å². The predicted molar refractivity (Wildman–Crippen MR) is 174 cm³/mol. The van der Waals surface area contributed by atoms with Crippen LogP contribution in [0.3, 0.4) is 0 Å². The van der Waals surface area contributed by atoms with Gasteiger partial charge in [0.15, 0.2) is 0 Å². The summed E-state index contributed by atoms with van der Waals surface area (Å²) in [6.45, 7) is 6.23. The number of rotatable bonds is 9. The van der Waals surface area contributed by atoms with Gasteiger partial charge in [0.1, 0.15) is 23.4 Å². The summed E-state index contributed by atoms with van der Waals surface area (Å²) in [6.07, 6.45) is -1.55. The number of nitro benzene ring substituents is 1. The first-order valence-corrected chi connectivity index (χ1v) is 16.9. The van der Waals surface area contributed by atoms with Gasteiger partial charge >= 0.3 is 11.9 Å². The molecule has 0 N–H and O–H groups in total. The Morgan fingerprint density at radius 1 is 1.14 bits per heavy atom. The summed E-state index contributed by atoms with van der Waals surface area (Å²) in [5, 5.41) is 21.2. The van der Waals surface area contributed by atoms with Crippen LogP contribution in [-0.2, 0) is 65.1 Å². The zero-order chi connectivity index (χ0) is 35.8. The Balaban J connectivity index is 1.35. The minimum Gasteiger partial charge on any atom is -0.463 e. The molecule has 15 nitrogen and oxygen atoms in total. The standard InChI is InChI=1S/C34H34N4O11S/c1-4-45-32(41)29(25-16-28-34(46-19-33(2,3)20-47-34)13-14-36(28)30(39)26(25)17-35)48-31(40)27-15-21-7-5-6-8-22(21)18-37(27)50(44)49-24-11-9-23(10-12-24)38(42)43/h5-12,16,27,29H,4,13-15,18-20H2,1-3H3. The van der Waals surface area contributed by atoms with Crippen molar-refractivity contribution in [3.63, 3.8) is 0 Å². The van der Waals surface area contributed by atoms with Crippen LogP contribution in [0.5, 0.6) is 5.75 Å². The van der Waals surface area contributed by atoms with Crippen LogP contribution in [0.4, 0.5) is 5.69 Å². The summed E-state index contributed by atoms with van der Waals surface area (Å²) in [5.74, 6) is -3.28. The lowest BCUT2D eigenvalue weighted by Gasteiger charge is -2.41. The second-order valence-corrected chi connectivity index (χ2v) is 13.9. The Kier molecular flexibility index (Phi) is 9.60. The topological polar surface area (TPSA) is 190 Å². The van der Waals surface area contributed by atoms with Gasteiger partial charge in [-0.3, -0.25) is 19.7 Å². The predicted octanol–water partition coefficient (Wildman–Crippen LogP) is 3.49. The average Bonchev–Trinajstić information content (AvgIpc) is 3.46. The fraction of sp³-hybridized carbons (Fsp3) is 0.412. The summed E-state index contributed by atoms with van der Waals surface area (Å²) in [5.41, 5.74) is 0.0104. The third kappa shape index (κ3) is 6.64. The Morgan fingerprint density at radius 2 is 1.82 bits per heavy atom. The maximum atomic E-state index is 14.1. The molecule has 3 aromatic rings. The van der Waals surface area contributed by atoms with Gasteiger partial charge < -0.3 is 27.7 Å². The van der Waals surface area contributed by atoms with Crippen molar-refractivity contribution in [1.82, 2.24) is 8.87 Å². The van der Waals surface area contributed by atoms with Crippen molar-refractivity contribution in [3.8, 4) is 11.8 Å². The van der Waals surface area contributed by atoms with E-state index in [-0.39, 0.29) is 60.6 Å². The molecular formula is C34H34N4O11S. The third-order valence-electron chi connectivity index (χ3n) is 8.79. The molecule has 1 aromatic heterocycles. The number of carbonyl (C=O) groups excluding carboxylic acids is 2. The number of non-ortho nitro benzene ring substituents is 1. The summed E-state index contributed by atoms with van der Waals surface area (Å²) < 4.78 is 45.3. The van der Waals surface area contributed by atoms with Crippen LogP contribution < -0.4 is 9.74 Å². The van der Waals surface area contributed by atoms with Gasteiger partial charge in [0.25, 0.3) is 22.5 Å². The van der Waals surface area contributed by atoms with Crippen LogP contribution in [0.2, 0.25) is 0 Å². The van der Waals surface area contributed by atoms with Crippen LogP contribution in [0.1, 0.15) is 61.2 Å². The van der Waals surface area contributed by atoms with Crippen molar-refractivity contribution in [2.75, 3.05) is 19.8 Å². The first-order valence-electron chi connectivity index (χ1n) is 15.9. The highest BCUT2D eigenvalue weighted by Crippen LogP contribution is 2.43.